The lowest BCUT2D eigenvalue weighted by atomic mass is 9.91. The molecule has 94 valence electrons. The number of aromatic nitrogens is 1. The third-order valence-corrected chi connectivity index (χ3v) is 2.86. The van der Waals surface area contributed by atoms with E-state index < -0.39 is 5.41 Å². The zero-order chi connectivity index (χ0) is 12.9. The quantitative estimate of drug-likeness (QED) is 0.796. The zero-order valence-corrected chi connectivity index (χ0v) is 10.6. The first kappa shape index (κ1) is 13.6. The van der Waals surface area contributed by atoms with E-state index in [4.69, 9.17) is 9.84 Å². The standard InChI is InChI=1S/C13H19NO3/c1-4-13(2,3)12(16)17-9-11-6-5-10(8-15)7-14-11/h5-7,15H,4,8-9H2,1-3H3. The first-order valence-corrected chi connectivity index (χ1v) is 5.71. The summed E-state index contributed by atoms with van der Waals surface area (Å²) >= 11 is 0. The fraction of sp³-hybridized carbons (Fsp3) is 0.538. The fourth-order valence-electron chi connectivity index (χ4n) is 1.11. The summed E-state index contributed by atoms with van der Waals surface area (Å²) < 4.78 is 5.19. The largest absolute Gasteiger partial charge is 0.459 e. The highest BCUT2D eigenvalue weighted by Gasteiger charge is 2.26. The van der Waals surface area contributed by atoms with Crippen LogP contribution in [0.15, 0.2) is 18.3 Å². The van der Waals surface area contributed by atoms with Crippen LogP contribution in [0.3, 0.4) is 0 Å². The van der Waals surface area contributed by atoms with E-state index in [1.807, 2.05) is 20.8 Å². The molecule has 0 saturated carbocycles. The topological polar surface area (TPSA) is 59.4 Å². The van der Waals surface area contributed by atoms with E-state index in [0.29, 0.717) is 5.69 Å². The Balaban J connectivity index is 2.53. The van der Waals surface area contributed by atoms with E-state index in [1.165, 1.54) is 0 Å². The van der Waals surface area contributed by atoms with Crippen LogP contribution in [0.25, 0.3) is 0 Å². The van der Waals surface area contributed by atoms with Crippen molar-refractivity contribution in [2.75, 3.05) is 0 Å². The highest BCUT2D eigenvalue weighted by atomic mass is 16.5. The molecule has 0 radical (unpaired) electrons. The Bertz CT molecular complexity index is 371. The molecule has 0 aliphatic carbocycles. The number of nitrogens with zero attached hydrogens (tertiary/aromatic N) is 1. The van der Waals surface area contributed by atoms with Crippen molar-refractivity contribution < 1.29 is 14.6 Å². The van der Waals surface area contributed by atoms with Crippen LogP contribution >= 0.6 is 0 Å². The predicted molar refractivity (Wildman–Crippen MR) is 64.0 cm³/mol. The third kappa shape index (κ3) is 3.82. The van der Waals surface area contributed by atoms with Crippen molar-refractivity contribution in [3.63, 3.8) is 0 Å². The molecule has 4 nitrogen and oxygen atoms in total. The summed E-state index contributed by atoms with van der Waals surface area (Å²) in [4.78, 5) is 15.8. The maximum absolute atomic E-state index is 11.7. The van der Waals surface area contributed by atoms with Gasteiger partial charge in [0.15, 0.2) is 0 Å². The lowest BCUT2D eigenvalue weighted by Crippen LogP contribution is -2.25. The number of hydrogen-bond acceptors (Lipinski definition) is 4. The molecule has 1 aromatic heterocycles. The second-order valence-electron chi connectivity index (χ2n) is 4.63. The summed E-state index contributed by atoms with van der Waals surface area (Å²) in [5, 5.41) is 8.86. The number of carbonyl (C=O) groups excluding carboxylic acids is 1. The lowest BCUT2D eigenvalue weighted by molar-refractivity contribution is -0.155. The van der Waals surface area contributed by atoms with Crippen molar-refractivity contribution in [2.24, 2.45) is 5.41 Å². The number of esters is 1. The van der Waals surface area contributed by atoms with E-state index in [-0.39, 0.29) is 19.2 Å². The van der Waals surface area contributed by atoms with E-state index in [9.17, 15) is 4.79 Å². The van der Waals surface area contributed by atoms with E-state index in [0.717, 1.165) is 12.0 Å². The van der Waals surface area contributed by atoms with Crippen molar-refractivity contribution in [1.82, 2.24) is 4.98 Å². The first-order chi connectivity index (χ1) is 7.99. The van der Waals surface area contributed by atoms with Gasteiger partial charge < -0.3 is 9.84 Å². The lowest BCUT2D eigenvalue weighted by Gasteiger charge is -2.20. The van der Waals surface area contributed by atoms with Crippen LogP contribution in [0.4, 0.5) is 0 Å². The second-order valence-corrected chi connectivity index (χ2v) is 4.63. The van der Waals surface area contributed by atoms with Gasteiger partial charge in [0.2, 0.25) is 0 Å². The molecule has 4 heteroatoms. The molecular weight excluding hydrogens is 218 g/mol. The van der Waals surface area contributed by atoms with Crippen LogP contribution in [0.5, 0.6) is 0 Å². The molecule has 0 bridgehead atoms. The third-order valence-electron chi connectivity index (χ3n) is 2.86. The van der Waals surface area contributed by atoms with Crippen molar-refractivity contribution in [1.29, 1.82) is 0 Å². The molecule has 1 rings (SSSR count). The molecule has 0 fully saturated rings. The number of pyridine rings is 1. The minimum Gasteiger partial charge on any atom is -0.459 e. The number of aliphatic hydroxyl groups is 1. The second kappa shape index (κ2) is 5.77. The monoisotopic (exact) mass is 237 g/mol. The molecule has 0 amide bonds. The summed E-state index contributed by atoms with van der Waals surface area (Å²) in [6.07, 6.45) is 2.32. The van der Waals surface area contributed by atoms with Gasteiger partial charge in [-0.1, -0.05) is 13.0 Å². The Morgan fingerprint density at radius 2 is 2.18 bits per heavy atom. The van der Waals surface area contributed by atoms with Gasteiger partial charge in [-0.2, -0.15) is 0 Å². The van der Waals surface area contributed by atoms with Crippen LogP contribution in [0.1, 0.15) is 38.4 Å². The van der Waals surface area contributed by atoms with E-state index >= 15 is 0 Å². The average molecular weight is 237 g/mol. The van der Waals surface area contributed by atoms with Gasteiger partial charge in [-0.25, -0.2) is 0 Å². The van der Waals surface area contributed by atoms with Crippen LogP contribution < -0.4 is 0 Å². The molecule has 0 unspecified atom stereocenters. The Morgan fingerprint density at radius 1 is 1.47 bits per heavy atom. The average Bonchev–Trinajstić information content (AvgIpc) is 2.36. The van der Waals surface area contributed by atoms with Crippen molar-refractivity contribution in [3.05, 3.63) is 29.6 Å². The SMILES string of the molecule is CCC(C)(C)C(=O)OCc1ccc(CO)cn1. The number of aliphatic hydroxyl groups excluding tert-OH is 1. The van der Waals surface area contributed by atoms with Gasteiger partial charge in [0.1, 0.15) is 6.61 Å². The molecule has 1 aromatic rings. The molecule has 0 atom stereocenters. The van der Waals surface area contributed by atoms with Crippen LogP contribution in [-0.2, 0) is 22.7 Å². The maximum Gasteiger partial charge on any atom is 0.311 e. The normalized spacial score (nSPS) is 11.3. The summed E-state index contributed by atoms with van der Waals surface area (Å²) in [7, 11) is 0. The summed E-state index contributed by atoms with van der Waals surface area (Å²) in [5.74, 6) is -0.215. The smallest absolute Gasteiger partial charge is 0.311 e. The number of hydrogen-bond donors (Lipinski definition) is 1. The minimum atomic E-state index is -0.453. The zero-order valence-electron chi connectivity index (χ0n) is 10.6. The molecule has 0 spiro atoms. The van der Waals surface area contributed by atoms with Gasteiger partial charge in [-0.3, -0.25) is 9.78 Å². The number of carbonyl (C=O) groups is 1. The Labute approximate surface area is 102 Å². The summed E-state index contributed by atoms with van der Waals surface area (Å²) in [6.45, 7) is 5.81. The predicted octanol–water partition coefficient (Wildman–Crippen LogP) is 2.05. The summed E-state index contributed by atoms with van der Waals surface area (Å²) in [6, 6.07) is 3.51. The fourth-order valence-corrected chi connectivity index (χ4v) is 1.11. The van der Waals surface area contributed by atoms with Crippen LogP contribution in [-0.4, -0.2) is 16.1 Å². The van der Waals surface area contributed by atoms with E-state index in [1.54, 1.807) is 18.3 Å². The van der Waals surface area contributed by atoms with Gasteiger partial charge in [0.25, 0.3) is 0 Å². The molecule has 0 aliphatic rings. The van der Waals surface area contributed by atoms with Crippen molar-refractivity contribution >= 4 is 5.97 Å². The molecular formula is C13H19NO3. The Hall–Kier alpha value is -1.42. The van der Waals surface area contributed by atoms with Crippen LogP contribution in [0, 0.1) is 5.41 Å². The minimum absolute atomic E-state index is 0.0318. The maximum atomic E-state index is 11.7. The molecule has 0 aromatic carbocycles. The van der Waals surface area contributed by atoms with Gasteiger partial charge in [0, 0.05) is 6.20 Å². The highest BCUT2D eigenvalue weighted by molar-refractivity contribution is 5.75. The van der Waals surface area contributed by atoms with Crippen LogP contribution in [0.2, 0.25) is 0 Å². The van der Waals surface area contributed by atoms with Crippen molar-refractivity contribution in [2.45, 2.75) is 40.4 Å². The molecule has 0 aliphatic heterocycles. The summed E-state index contributed by atoms with van der Waals surface area (Å²) in [5.41, 5.74) is 0.974. The molecule has 17 heavy (non-hydrogen) atoms. The van der Waals surface area contributed by atoms with Gasteiger partial charge >= 0.3 is 5.97 Å². The van der Waals surface area contributed by atoms with E-state index in [2.05, 4.69) is 4.98 Å². The highest BCUT2D eigenvalue weighted by Crippen LogP contribution is 2.21. The molecule has 1 N–H and O–H groups in total. The molecule has 1 heterocycles. The number of ether oxygens (including phenoxy) is 1. The van der Waals surface area contributed by atoms with Gasteiger partial charge in [-0.15, -0.1) is 0 Å². The molecule has 0 saturated heterocycles. The number of rotatable bonds is 5. The van der Waals surface area contributed by atoms with Gasteiger partial charge in [0.05, 0.1) is 17.7 Å². The van der Waals surface area contributed by atoms with Crippen molar-refractivity contribution in [3.8, 4) is 0 Å². The Morgan fingerprint density at radius 3 is 2.65 bits per heavy atom. The first-order valence-electron chi connectivity index (χ1n) is 5.71. The van der Waals surface area contributed by atoms with Gasteiger partial charge in [-0.05, 0) is 31.9 Å². The Kier molecular flexibility index (Phi) is 4.63.